The quantitative estimate of drug-likeness (QED) is 0.371. The Morgan fingerprint density at radius 2 is 1.72 bits per heavy atom. The van der Waals surface area contributed by atoms with Crippen LogP contribution in [0.4, 0.5) is 0 Å². The molecule has 0 N–H and O–H groups in total. The molecule has 1 aliphatic rings. The topological polar surface area (TPSA) is 55.8 Å². The predicted molar refractivity (Wildman–Crippen MR) is 132 cm³/mol. The number of esters is 1. The van der Waals surface area contributed by atoms with Crippen LogP contribution < -0.4 is 0 Å². The second kappa shape index (κ2) is 9.30. The van der Waals surface area contributed by atoms with E-state index in [0.717, 1.165) is 5.56 Å². The molecule has 1 fully saturated rings. The molecular weight excluding hydrogens is 418 g/mol. The lowest BCUT2D eigenvalue weighted by molar-refractivity contribution is -0.170. The molecule has 0 aliphatic carbocycles. The highest BCUT2D eigenvalue weighted by atomic mass is 28.4. The fourth-order valence-electron chi connectivity index (χ4n) is 3.97. The Hall–Kier alpha value is -1.66. The van der Waals surface area contributed by atoms with Crippen molar-refractivity contribution in [2.45, 2.75) is 91.6 Å². The van der Waals surface area contributed by atoms with E-state index in [1.807, 2.05) is 69.9 Å². The van der Waals surface area contributed by atoms with Crippen LogP contribution in [0, 0.1) is 11.3 Å². The van der Waals surface area contributed by atoms with E-state index in [2.05, 4.69) is 33.9 Å². The minimum Gasteiger partial charge on any atom is -0.459 e. The van der Waals surface area contributed by atoms with Gasteiger partial charge in [-0.3, -0.25) is 9.59 Å². The SMILES string of the molecule is C[C@H](c1ccccc1)N1C[C@@](CCO[Si](C)(C)C(C)(C)C)(C(=O)OC(C)(C)C)[C@H](C)C1=O. The zero-order valence-corrected chi connectivity index (χ0v) is 22.7. The Bertz CT molecular complexity index is 809. The highest BCUT2D eigenvalue weighted by molar-refractivity contribution is 6.74. The van der Waals surface area contributed by atoms with Crippen molar-refractivity contribution >= 4 is 20.2 Å². The van der Waals surface area contributed by atoms with Gasteiger partial charge in [0.2, 0.25) is 5.91 Å². The molecule has 1 aromatic rings. The molecule has 0 unspecified atom stereocenters. The summed E-state index contributed by atoms with van der Waals surface area (Å²) in [4.78, 5) is 28.8. The maximum Gasteiger partial charge on any atom is 0.315 e. The third kappa shape index (κ3) is 5.63. The normalized spacial score (nSPS) is 23.4. The second-order valence-electron chi connectivity index (χ2n) is 11.8. The van der Waals surface area contributed by atoms with Gasteiger partial charge >= 0.3 is 5.97 Å². The van der Waals surface area contributed by atoms with E-state index in [0.29, 0.717) is 19.6 Å². The van der Waals surface area contributed by atoms with Crippen molar-refractivity contribution in [3.63, 3.8) is 0 Å². The number of carbonyl (C=O) groups excluding carboxylic acids is 2. The fraction of sp³-hybridized carbons (Fsp3) is 0.692. The first kappa shape index (κ1) is 26.6. The second-order valence-corrected chi connectivity index (χ2v) is 16.6. The Morgan fingerprint density at radius 1 is 1.16 bits per heavy atom. The molecule has 1 aromatic carbocycles. The van der Waals surface area contributed by atoms with Gasteiger partial charge in [-0.1, -0.05) is 58.0 Å². The molecule has 5 nitrogen and oxygen atoms in total. The maximum absolute atomic E-state index is 13.6. The smallest absolute Gasteiger partial charge is 0.315 e. The van der Waals surface area contributed by atoms with Crippen LogP contribution in [0.25, 0.3) is 0 Å². The standard InChI is InChI=1S/C26H43NO4Si/c1-19-22(28)27(20(2)21-14-12-11-13-15-21)18-26(19,23(29)31-24(3,4)5)16-17-30-32(9,10)25(6,7)8/h11-15,19-20H,16-18H2,1-10H3/t19-,20-,26-/m1/s1. The van der Waals surface area contributed by atoms with Crippen molar-refractivity contribution in [2.24, 2.45) is 11.3 Å². The van der Waals surface area contributed by atoms with Gasteiger partial charge in [0, 0.05) is 13.2 Å². The molecule has 0 aromatic heterocycles. The van der Waals surface area contributed by atoms with E-state index in [-0.39, 0.29) is 23.0 Å². The number of ether oxygens (including phenoxy) is 1. The fourth-order valence-corrected chi connectivity index (χ4v) is 5.01. The highest BCUT2D eigenvalue weighted by Gasteiger charge is 2.57. The van der Waals surface area contributed by atoms with E-state index in [4.69, 9.17) is 9.16 Å². The molecule has 2 rings (SSSR count). The number of benzene rings is 1. The number of nitrogens with zero attached hydrogens (tertiary/aromatic N) is 1. The summed E-state index contributed by atoms with van der Waals surface area (Å²) in [6.45, 7) is 21.3. The van der Waals surface area contributed by atoms with E-state index in [9.17, 15) is 9.59 Å². The van der Waals surface area contributed by atoms with Crippen LogP contribution in [0.5, 0.6) is 0 Å². The molecule has 0 saturated carbocycles. The lowest BCUT2D eigenvalue weighted by Crippen LogP contribution is -2.46. The largest absolute Gasteiger partial charge is 0.459 e. The first-order valence-electron chi connectivity index (χ1n) is 11.7. The van der Waals surface area contributed by atoms with Gasteiger partial charge in [0.15, 0.2) is 8.32 Å². The van der Waals surface area contributed by atoms with Crippen molar-refractivity contribution in [1.82, 2.24) is 4.90 Å². The van der Waals surface area contributed by atoms with Crippen LogP contribution in [-0.4, -0.2) is 43.8 Å². The minimum absolute atomic E-state index is 0.000427. The Labute approximate surface area is 196 Å². The molecule has 32 heavy (non-hydrogen) atoms. The van der Waals surface area contributed by atoms with Gasteiger partial charge < -0.3 is 14.1 Å². The summed E-state index contributed by atoms with van der Waals surface area (Å²) in [6.07, 6.45) is 0.472. The van der Waals surface area contributed by atoms with Gasteiger partial charge in [-0.2, -0.15) is 0 Å². The van der Waals surface area contributed by atoms with Gasteiger partial charge in [0.1, 0.15) is 5.60 Å². The van der Waals surface area contributed by atoms with Crippen LogP contribution in [0.3, 0.4) is 0 Å². The molecule has 3 atom stereocenters. The summed E-state index contributed by atoms with van der Waals surface area (Å²) in [5.74, 6) is -0.765. The van der Waals surface area contributed by atoms with Crippen molar-refractivity contribution in [3.8, 4) is 0 Å². The molecule has 180 valence electrons. The van der Waals surface area contributed by atoms with E-state index >= 15 is 0 Å². The van der Waals surface area contributed by atoms with Crippen molar-refractivity contribution in [2.75, 3.05) is 13.2 Å². The average molecular weight is 462 g/mol. The summed E-state index contributed by atoms with van der Waals surface area (Å²) >= 11 is 0. The zero-order chi connectivity index (χ0) is 24.5. The van der Waals surface area contributed by atoms with Crippen molar-refractivity contribution in [3.05, 3.63) is 35.9 Å². The minimum atomic E-state index is -1.97. The monoisotopic (exact) mass is 461 g/mol. The van der Waals surface area contributed by atoms with E-state index in [1.165, 1.54) is 0 Å². The molecule has 1 saturated heterocycles. The predicted octanol–water partition coefficient (Wildman–Crippen LogP) is 5.97. The first-order chi connectivity index (χ1) is 14.5. The average Bonchev–Trinajstić information content (AvgIpc) is 2.92. The first-order valence-corrected chi connectivity index (χ1v) is 14.7. The van der Waals surface area contributed by atoms with Gasteiger partial charge in [0.25, 0.3) is 0 Å². The van der Waals surface area contributed by atoms with Crippen LogP contribution in [-0.2, 0) is 18.8 Å². The third-order valence-electron chi connectivity index (χ3n) is 7.31. The Balaban J connectivity index is 2.34. The number of hydrogen-bond donors (Lipinski definition) is 0. The lowest BCUT2D eigenvalue weighted by atomic mass is 9.76. The number of likely N-dealkylation sites (tertiary alicyclic amines) is 1. The summed E-state index contributed by atoms with van der Waals surface area (Å²) in [7, 11) is -1.97. The van der Waals surface area contributed by atoms with Crippen molar-refractivity contribution < 1.29 is 18.8 Å². The maximum atomic E-state index is 13.6. The molecule has 1 heterocycles. The third-order valence-corrected chi connectivity index (χ3v) is 11.8. The van der Waals surface area contributed by atoms with Crippen LogP contribution in [0.2, 0.25) is 18.1 Å². The van der Waals surface area contributed by atoms with E-state index < -0.39 is 25.3 Å². The van der Waals surface area contributed by atoms with Gasteiger partial charge in [-0.05, 0) is 57.8 Å². The molecule has 1 aliphatic heterocycles. The molecule has 6 heteroatoms. The molecular formula is C26H43NO4Si. The summed E-state index contributed by atoms with van der Waals surface area (Å²) in [5, 5.41) is 0.0804. The molecule has 0 radical (unpaired) electrons. The van der Waals surface area contributed by atoms with Crippen LogP contribution in [0.15, 0.2) is 30.3 Å². The van der Waals surface area contributed by atoms with Crippen LogP contribution >= 0.6 is 0 Å². The molecule has 0 spiro atoms. The number of hydrogen-bond acceptors (Lipinski definition) is 4. The van der Waals surface area contributed by atoms with Crippen molar-refractivity contribution in [1.29, 1.82) is 0 Å². The number of rotatable bonds is 7. The number of amides is 1. The summed E-state index contributed by atoms with van der Waals surface area (Å²) in [5.41, 5.74) is -0.480. The number of carbonyl (C=O) groups is 2. The van der Waals surface area contributed by atoms with Crippen LogP contribution in [0.1, 0.15) is 73.4 Å². The Kier molecular flexibility index (Phi) is 7.72. The molecule has 0 bridgehead atoms. The Morgan fingerprint density at radius 3 is 2.22 bits per heavy atom. The zero-order valence-electron chi connectivity index (χ0n) is 21.7. The highest BCUT2D eigenvalue weighted by Crippen LogP contribution is 2.46. The summed E-state index contributed by atoms with van der Waals surface area (Å²) < 4.78 is 12.3. The molecule has 1 amide bonds. The van der Waals surface area contributed by atoms with Gasteiger partial charge in [0.05, 0.1) is 17.4 Å². The van der Waals surface area contributed by atoms with Gasteiger partial charge in [-0.25, -0.2) is 0 Å². The lowest BCUT2D eigenvalue weighted by Gasteiger charge is -2.38. The van der Waals surface area contributed by atoms with E-state index in [1.54, 1.807) is 0 Å². The summed E-state index contributed by atoms with van der Waals surface area (Å²) in [6, 6.07) is 9.85. The van der Waals surface area contributed by atoms with Gasteiger partial charge in [-0.15, -0.1) is 0 Å².